The van der Waals surface area contributed by atoms with Gasteiger partial charge in [-0.25, -0.2) is 0 Å². The van der Waals surface area contributed by atoms with Gasteiger partial charge in [0.1, 0.15) is 0 Å². The molecule has 0 aromatic rings. The first kappa shape index (κ1) is 16.3. The molecule has 0 amide bonds. The van der Waals surface area contributed by atoms with Crippen LogP contribution < -0.4 is 5.32 Å². The Kier molecular flexibility index (Phi) is 7.37. The average Bonchev–Trinajstić information content (AvgIpc) is 2.85. The minimum atomic E-state index is 0.741. The summed E-state index contributed by atoms with van der Waals surface area (Å²) in [5, 5.41) is 3.86. The van der Waals surface area contributed by atoms with E-state index >= 15 is 0 Å². The summed E-state index contributed by atoms with van der Waals surface area (Å²) >= 11 is 0. The Balaban J connectivity index is 1.84. The first-order valence-electron chi connectivity index (χ1n) is 9.25. The van der Waals surface area contributed by atoms with Crippen LogP contribution in [0.5, 0.6) is 0 Å². The first-order chi connectivity index (χ1) is 9.81. The molecule has 0 aliphatic heterocycles. The molecule has 20 heavy (non-hydrogen) atoms. The van der Waals surface area contributed by atoms with Gasteiger partial charge in [-0.15, -0.1) is 0 Å². The van der Waals surface area contributed by atoms with Gasteiger partial charge in [0.15, 0.2) is 0 Å². The van der Waals surface area contributed by atoms with Gasteiger partial charge in [0.2, 0.25) is 0 Å². The lowest BCUT2D eigenvalue weighted by Crippen LogP contribution is -2.47. The summed E-state index contributed by atoms with van der Waals surface area (Å²) in [5.41, 5.74) is 0. The summed E-state index contributed by atoms with van der Waals surface area (Å²) in [4.78, 5) is 2.69. The number of hydrogen-bond donors (Lipinski definition) is 1. The fraction of sp³-hybridized carbons (Fsp3) is 1.00. The number of likely N-dealkylation sites (N-methyl/N-ethyl adjacent to an activating group) is 1. The van der Waals surface area contributed by atoms with E-state index in [1.807, 2.05) is 0 Å². The molecule has 2 fully saturated rings. The monoisotopic (exact) mass is 280 g/mol. The van der Waals surface area contributed by atoms with Crippen molar-refractivity contribution in [3.63, 3.8) is 0 Å². The lowest BCUT2D eigenvalue weighted by molar-refractivity contribution is 0.175. The van der Waals surface area contributed by atoms with Crippen molar-refractivity contribution < 1.29 is 0 Å². The molecule has 0 aromatic heterocycles. The van der Waals surface area contributed by atoms with Crippen LogP contribution in [-0.2, 0) is 0 Å². The third-order valence-corrected chi connectivity index (χ3v) is 5.56. The van der Waals surface area contributed by atoms with Crippen LogP contribution in [0.25, 0.3) is 0 Å². The van der Waals surface area contributed by atoms with Gasteiger partial charge in [0.25, 0.3) is 0 Å². The third kappa shape index (κ3) is 5.04. The standard InChI is InChI=1S/C18H36N2/c1-3-14-19-18(16-10-8-9-11-16)15-20(2)17-12-6-4-5-7-13-17/h16-19H,3-15H2,1-2H3. The maximum absolute atomic E-state index is 3.86. The van der Waals surface area contributed by atoms with Crippen molar-refractivity contribution in [3.05, 3.63) is 0 Å². The van der Waals surface area contributed by atoms with Gasteiger partial charge in [0, 0.05) is 18.6 Å². The minimum Gasteiger partial charge on any atom is -0.312 e. The topological polar surface area (TPSA) is 15.3 Å². The molecule has 2 aliphatic rings. The Morgan fingerprint density at radius 3 is 2.15 bits per heavy atom. The van der Waals surface area contributed by atoms with Crippen molar-refractivity contribution in [1.82, 2.24) is 10.2 Å². The SMILES string of the molecule is CCCNC(CN(C)C1CCCCCC1)C1CCCC1. The Labute approximate surface area is 126 Å². The third-order valence-electron chi connectivity index (χ3n) is 5.56. The van der Waals surface area contributed by atoms with E-state index in [2.05, 4.69) is 24.2 Å². The molecule has 2 heteroatoms. The van der Waals surface area contributed by atoms with Crippen LogP contribution in [-0.4, -0.2) is 37.1 Å². The van der Waals surface area contributed by atoms with E-state index in [1.165, 1.54) is 83.7 Å². The highest BCUT2D eigenvalue weighted by Crippen LogP contribution is 2.29. The van der Waals surface area contributed by atoms with Crippen LogP contribution in [0.1, 0.15) is 77.6 Å². The van der Waals surface area contributed by atoms with Gasteiger partial charge >= 0.3 is 0 Å². The molecule has 0 spiro atoms. The van der Waals surface area contributed by atoms with Gasteiger partial charge in [-0.1, -0.05) is 45.4 Å². The molecule has 2 rings (SSSR count). The number of hydrogen-bond acceptors (Lipinski definition) is 2. The number of rotatable bonds is 7. The summed E-state index contributed by atoms with van der Waals surface area (Å²) in [6.45, 7) is 4.75. The van der Waals surface area contributed by atoms with E-state index in [0.29, 0.717) is 0 Å². The summed E-state index contributed by atoms with van der Waals surface area (Å²) in [7, 11) is 2.38. The van der Waals surface area contributed by atoms with E-state index in [1.54, 1.807) is 0 Å². The Hall–Kier alpha value is -0.0800. The van der Waals surface area contributed by atoms with E-state index in [-0.39, 0.29) is 0 Å². The predicted molar refractivity (Wildman–Crippen MR) is 88.2 cm³/mol. The van der Waals surface area contributed by atoms with E-state index in [4.69, 9.17) is 0 Å². The van der Waals surface area contributed by atoms with Crippen LogP contribution in [0.3, 0.4) is 0 Å². The minimum absolute atomic E-state index is 0.741. The second kappa shape index (κ2) is 9.04. The van der Waals surface area contributed by atoms with Gasteiger partial charge in [-0.05, 0) is 51.6 Å². The maximum Gasteiger partial charge on any atom is 0.0223 e. The second-order valence-corrected chi connectivity index (χ2v) is 7.19. The summed E-state index contributed by atoms with van der Waals surface area (Å²) in [6.07, 6.45) is 15.8. The lowest BCUT2D eigenvalue weighted by atomic mass is 9.96. The molecular formula is C18H36N2. The van der Waals surface area contributed by atoms with Gasteiger partial charge in [-0.3, -0.25) is 0 Å². The van der Waals surface area contributed by atoms with Crippen LogP contribution in [0.15, 0.2) is 0 Å². The number of nitrogens with one attached hydrogen (secondary N) is 1. The van der Waals surface area contributed by atoms with Crippen LogP contribution in [0.2, 0.25) is 0 Å². The number of nitrogens with zero attached hydrogens (tertiary/aromatic N) is 1. The van der Waals surface area contributed by atoms with Crippen LogP contribution in [0, 0.1) is 5.92 Å². The summed E-state index contributed by atoms with van der Waals surface area (Å²) in [5.74, 6) is 0.940. The Morgan fingerprint density at radius 1 is 0.950 bits per heavy atom. The van der Waals surface area contributed by atoms with Gasteiger partial charge in [-0.2, -0.15) is 0 Å². The molecule has 2 aliphatic carbocycles. The maximum atomic E-state index is 3.86. The zero-order chi connectivity index (χ0) is 14.2. The quantitative estimate of drug-likeness (QED) is 0.703. The van der Waals surface area contributed by atoms with Crippen LogP contribution in [0.4, 0.5) is 0 Å². The summed E-state index contributed by atoms with van der Waals surface area (Å²) in [6, 6.07) is 1.59. The highest BCUT2D eigenvalue weighted by molar-refractivity contribution is 4.84. The van der Waals surface area contributed by atoms with Crippen molar-refractivity contribution in [2.24, 2.45) is 5.92 Å². The van der Waals surface area contributed by atoms with Crippen molar-refractivity contribution in [2.75, 3.05) is 20.1 Å². The van der Waals surface area contributed by atoms with Crippen LogP contribution >= 0.6 is 0 Å². The molecule has 0 saturated heterocycles. The molecule has 0 bridgehead atoms. The predicted octanol–water partition coefficient (Wildman–Crippen LogP) is 4.20. The largest absolute Gasteiger partial charge is 0.312 e. The second-order valence-electron chi connectivity index (χ2n) is 7.19. The van der Waals surface area contributed by atoms with E-state index < -0.39 is 0 Å². The molecule has 118 valence electrons. The zero-order valence-electron chi connectivity index (χ0n) is 13.9. The fourth-order valence-electron chi connectivity index (χ4n) is 4.23. The fourth-order valence-corrected chi connectivity index (χ4v) is 4.23. The highest BCUT2D eigenvalue weighted by atomic mass is 15.2. The molecule has 0 heterocycles. The van der Waals surface area contributed by atoms with Crippen molar-refractivity contribution in [3.8, 4) is 0 Å². The molecule has 0 radical (unpaired) electrons. The first-order valence-corrected chi connectivity index (χ1v) is 9.25. The van der Waals surface area contributed by atoms with Gasteiger partial charge in [0.05, 0.1) is 0 Å². The molecule has 1 N–H and O–H groups in total. The average molecular weight is 280 g/mol. The lowest BCUT2D eigenvalue weighted by Gasteiger charge is -2.34. The molecule has 1 atom stereocenters. The molecule has 1 unspecified atom stereocenters. The summed E-state index contributed by atoms with van der Waals surface area (Å²) < 4.78 is 0. The van der Waals surface area contributed by atoms with Crippen molar-refractivity contribution in [2.45, 2.75) is 89.6 Å². The van der Waals surface area contributed by atoms with Crippen molar-refractivity contribution in [1.29, 1.82) is 0 Å². The normalized spacial score (nSPS) is 24.1. The van der Waals surface area contributed by atoms with Gasteiger partial charge < -0.3 is 10.2 Å². The highest BCUT2D eigenvalue weighted by Gasteiger charge is 2.27. The Bertz CT molecular complexity index is 240. The molecule has 2 nitrogen and oxygen atoms in total. The molecule has 0 aromatic carbocycles. The van der Waals surface area contributed by atoms with E-state index in [9.17, 15) is 0 Å². The smallest absolute Gasteiger partial charge is 0.0223 e. The molecular weight excluding hydrogens is 244 g/mol. The van der Waals surface area contributed by atoms with E-state index in [0.717, 1.165) is 18.0 Å². The Morgan fingerprint density at radius 2 is 1.55 bits per heavy atom. The van der Waals surface area contributed by atoms with Crippen molar-refractivity contribution >= 4 is 0 Å². The zero-order valence-corrected chi connectivity index (χ0v) is 13.9. The molecule has 2 saturated carbocycles.